The Morgan fingerprint density at radius 1 is 0.824 bits per heavy atom. The molecule has 9 heteroatoms. The van der Waals surface area contributed by atoms with E-state index in [0.29, 0.717) is 0 Å². The van der Waals surface area contributed by atoms with Crippen molar-refractivity contribution in [2.24, 2.45) is 11.5 Å². The molecule has 9 nitrogen and oxygen atoms in total. The summed E-state index contributed by atoms with van der Waals surface area (Å²) in [7, 11) is 0. The van der Waals surface area contributed by atoms with Crippen molar-refractivity contribution >= 4 is 17.9 Å². The Kier molecular flexibility index (Phi) is 4.57. The zero-order chi connectivity index (χ0) is 13.9. The van der Waals surface area contributed by atoms with Crippen molar-refractivity contribution in [3.63, 3.8) is 0 Å². The fourth-order valence-corrected chi connectivity index (χ4v) is 1.31. The molecule has 0 rings (SSSR count). The minimum absolute atomic E-state index is 0.973. The number of hydrogen-bond acceptors (Lipinski definition) is 6. The average Bonchev–Trinajstić information content (AvgIpc) is 1.96. The van der Waals surface area contributed by atoms with Crippen LogP contribution >= 0.6 is 0 Å². The second kappa shape index (κ2) is 5.08. The van der Waals surface area contributed by atoms with E-state index in [1.54, 1.807) is 0 Å². The minimum atomic E-state index is -2.64. The van der Waals surface area contributed by atoms with Gasteiger partial charge in [-0.05, 0) is 0 Å². The van der Waals surface area contributed by atoms with Crippen LogP contribution in [0.3, 0.4) is 0 Å². The van der Waals surface area contributed by atoms with Gasteiger partial charge < -0.3 is 31.9 Å². The summed E-state index contributed by atoms with van der Waals surface area (Å²) in [5.41, 5.74) is 5.72. The molecular formula is C8H14N2O7. The van der Waals surface area contributed by atoms with Gasteiger partial charge in [0.15, 0.2) is 0 Å². The molecule has 0 heterocycles. The van der Waals surface area contributed by atoms with Crippen LogP contribution < -0.4 is 11.5 Å². The van der Waals surface area contributed by atoms with Crippen LogP contribution in [-0.2, 0) is 14.4 Å². The van der Waals surface area contributed by atoms with E-state index < -0.39 is 48.4 Å². The predicted octanol–water partition coefficient (Wildman–Crippen LogP) is -2.24. The van der Waals surface area contributed by atoms with Gasteiger partial charge in [-0.25, -0.2) is 0 Å². The largest absolute Gasteiger partial charge is 0.481 e. The van der Waals surface area contributed by atoms with Crippen LogP contribution in [0.5, 0.6) is 0 Å². The molecule has 0 saturated carbocycles. The molecule has 0 amide bonds. The first kappa shape index (κ1) is 15.3. The van der Waals surface area contributed by atoms with Gasteiger partial charge in [0.2, 0.25) is 0 Å². The lowest BCUT2D eigenvalue weighted by molar-refractivity contribution is -0.156. The Balaban J connectivity index is 5.20. The number of rotatable bonds is 7. The third-order valence-electron chi connectivity index (χ3n) is 2.22. The molecule has 0 aromatic carbocycles. The SMILES string of the molecule is NC(O)(CC(=O)O)C(N)(CC(=O)O)CC(=O)O. The fraction of sp³-hybridized carbons (Fsp3) is 0.625. The van der Waals surface area contributed by atoms with Crippen LogP contribution in [0.1, 0.15) is 19.3 Å². The standard InChI is InChI=1S/C8H14N2O7/c9-7(1-4(11)12,2-5(13)14)8(10,17)3-6(15)16/h17H,1-3,9-10H2,(H,11,12)(H,13,14)(H,15,16). The third-order valence-corrected chi connectivity index (χ3v) is 2.22. The van der Waals surface area contributed by atoms with Gasteiger partial charge in [0, 0.05) is 0 Å². The van der Waals surface area contributed by atoms with Crippen LogP contribution in [0.25, 0.3) is 0 Å². The Bertz CT molecular complexity index is 323. The quantitative estimate of drug-likeness (QED) is 0.271. The minimum Gasteiger partial charge on any atom is -0.481 e. The van der Waals surface area contributed by atoms with Gasteiger partial charge in [-0.1, -0.05) is 0 Å². The number of carboxylic acids is 3. The maximum absolute atomic E-state index is 10.5. The molecule has 0 aliphatic carbocycles. The molecule has 0 fully saturated rings. The summed E-state index contributed by atoms with van der Waals surface area (Å²) in [4.78, 5) is 31.5. The van der Waals surface area contributed by atoms with Crippen LogP contribution in [0.4, 0.5) is 0 Å². The van der Waals surface area contributed by atoms with Crippen LogP contribution in [0, 0.1) is 0 Å². The number of aliphatic carboxylic acids is 3. The second-order valence-electron chi connectivity index (χ2n) is 3.79. The average molecular weight is 250 g/mol. The van der Waals surface area contributed by atoms with E-state index >= 15 is 0 Å². The molecule has 1 unspecified atom stereocenters. The summed E-state index contributed by atoms with van der Waals surface area (Å²) in [6.45, 7) is 0. The van der Waals surface area contributed by atoms with Crippen LogP contribution in [0.2, 0.25) is 0 Å². The number of hydrogen-bond donors (Lipinski definition) is 6. The highest BCUT2D eigenvalue weighted by Gasteiger charge is 2.49. The van der Waals surface area contributed by atoms with Crippen molar-refractivity contribution < 1.29 is 34.8 Å². The molecule has 1 atom stereocenters. The monoisotopic (exact) mass is 250 g/mol. The Labute approximate surface area is 95.6 Å². The summed E-state index contributed by atoms with van der Waals surface area (Å²) in [5, 5.41) is 35.3. The number of carbonyl (C=O) groups is 3. The van der Waals surface area contributed by atoms with Crippen molar-refractivity contribution in [1.82, 2.24) is 0 Å². The van der Waals surface area contributed by atoms with E-state index in [1.807, 2.05) is 0 Å². The molecule has 0 saturated heterocycles. The first-order valence-electron chi connectivity index (χ1n) is 4.46. The van der Waals surface area contributed by atoms with E-state index in [1.165, 1.54) is 0 Å². The molecule has 0 aliphatic rings. The van der Waals surface area contributed by atoms with E-state index in [-0.39, 0.29) is 0 Å². The lowest BCUT2D eigenvalue weighted by atomic mass is 9.80. The van der Waals surface area contributed by atoms with Crippen molar-refractivity contribution in [3.05, 3.63) is 0 Å². The first-order valence-corrected chi connectivity index (χ1v) is 4.46. The van der Waals surface area contributed by atoms with E-state index in [2.05, 4.69) is 0 Å². The highest BCUT2D eigenvalue weighted by molar-refractivity contribution is 5.75. The fourth-order valence-electron chi connectivity index (χ4n) is 1.31. The maximum atomic E-state index is 10.5. The molecule has 17 heavy (non-hydrogen) atoms. The van der Waals surface area contributed by atoms with E-state index in [9.17, 15) is 19.5 Å². The van der Waals surface area contributed by atoms with Crippen molar-refractivity contribution in [1.29, 1.82) is 0 Å². The summed E-state index contributed by atoms with van der Waals surface area (Å²) in [6, 6.07) is 0. The van der Waals surface area contributed by atoms with Gasteiger partial charge in [-0.15, -0.1) is 0 Å². The maximum Gasteiger partial charge on any atom is 0.307 e. The highest BCUT2D eigenvalue weighted by Crippen LogP contribution is 2.26. The van der Waals surface area contributed by atoms with Crippen molar-refractivity contribution in [2.45, 2.75) is 30.5 Å². The zero-order valence-electron chi connectivity index (χ0n) is 8.79. The van der Waals surface area contributed by atoms with Crippen LogP contribution in [-0.4, -0.2) is 49.6 Å². The number of aliphatic hydroxyl groups is 1. The summed E-state index contributed by atoms with van der Waals surface area (Å²) in [5.74, 6) is -4.52. The lowest BCUT2D eigenvalue weighted by Crippen LogP contribution is -2.68. The third kappa shape index (κ3) is 4.34. The molecule has 0 aromatic rings. The number of carboxylic acid groups (broad SMARTS) is 3. The molecule has 0 radical (unpaired) electrons. The Hall–Kier alpha value is -1.71. The molecular weight excluding hydrogens is 236 g/mol. The smallest absolute Gasteiger partial charge is 0.307 e. The second-order valence-corrected chi connectivity index (χ2v) is 3.79. The zero-order valence-corrected chi connectivity index (χ0v) is 8.79. The molecule has 0 spiro atoms. The molecule has 0 aromatic heterocycles. The van der Waals surface area contributed by atoms with Gasteiger partial charge in [0.25, 0.3) is 0 Å². The van der Waals surface area contributed by atoms with E-state index in [4.69, 9.17) is 26.8 Å². The van der Waals surface area contributed by atoms with Gasteiger partial charge in [0.1, 0.15) is 5.72 Å². The van der Waals surface area contributed by atoms with Gasteiger partial charge in [0.05, 0.1) is 24.8 Å². The lowest BCUT2D eigenvalue weighted by Gasteiger charge is -2.39. The Morgan fingerprint density at radius 2 is 1.12 bits per heavy atom. The Morgan fingerprint density at radius 3 is 1.35 bits per heavy atom. The van der Waals surface area contributed by atoms with Crippen LogP contribution in [0.15, 0.2) is 0 Å². The predicted molar refractivity (Wildman–Crippen MR) is 52.8 cm³/mol. The summed E-state index contributed by atoms with van der Waals surface area (Å²) < 4.78 is 0. The molecule has 8 N–H and O–H groups in total. The van der Waals surface area contributed by atoms with Crippen molar-refractivity contribution in [2.75, 3.05) is 0 Å². The normalized spacial score (nSPS) is 15.0. The van der Waals surface area contributed by atoms with Gasteiger partial charge in [-0.3, -0.25) is 14.4 Å². The summed E-state index contributed by atoms with van der Waals surface area (Å²) >= 11 is 0. The topological polar surface area (TPSA) is 184 Å². The van der Waals surface area contributed by atoms with E-state index in [0.717, 1.165) is 0 Å². The molecule has 98 valence electrons. The highest BCUT2D eigenvalue weighted by atomic mass is 16.4. The molecule has 0 bridgehead atoms. The summed E-state index contributed by atoms with van der Waals surface area (Å²) in [6.07, 6.45) is -3.01. The van der Waals surface area contributed by atoms with Gasteiger partial charge >= 0.3 is 17.9 Å². The molecule has 0 aliphatic heterocycles. The van der Waals surface area contributed by atoms with Gasteiger partial charge in [-0.2, -0.15) is 0 Å². The first-order chi connectivity index (χ1) is 7.50. The number of nitrogens with two attached hydrogens (primary N) is 2. The van der Waals surface area contributed by atoms with Crippen molar-refractivity contribution in [3.8, 4) is 0 Å².